The highest BCUT2D eigenvalue weighted by Gasteiger charge is 2.31. The second-order valence-corrected chi connectivity index (χ2v) is 9.76. The number of carbonyl (C=O) groups is 2. The molecule has 2 amide bonds. The Balaban J connectivity index is 1.93. The predicted octanol–water partition coefficient (Wildman–Crippen LogP) is 2.04. The fourth-order valence-electron chi connectivity index (χ4n) is 3.63. The normalized spacial score (nSPS) is 13.3. The summed E-state index contributed by atoms with van der Waals surface area (Å²) in [7, 11) is -2.30. The summed E-state index contributed by atoms with van der Waals surface area (Å²) in [6.45, 7) is 3.52. The van der Waals surface area contributed by atoms with E-state index in [4.69, 9.17) is 9.47 Å². The van der Waals surface area contributed by atoms with Gasteiger partial charge >= 0.3 is 0 Å². The maximum absolute atomic E-state index is 13.5. The summed E-state index contributed by atoms with van der Waals surface area (Å²) in [5.41, 5.74) is 2.18. The molecule has 3 rings (SSSR count). The molecule has 9 nitrogen and oxygen atoms in total. The number of hydrogen-bond donors (Lipinski definition) is 1. The van der Waals surface area contributed by atoms with Gasteiger partial charge in [0.2, 0.25) is 28.6 Å². The van der Waals surface area contributed by atoms with E-state index in [9.17, 15) is 18.0 Å². The topological polar surface area (TPSA) is 105 Å². The zero-order valence-electron chi connectivity index (χ0n) is 19.2. The summed E-state index contributed by atoms with van der Waals surface area (Å²) >= 11 is 0. The number of anilines is 1. The van der Waals surface area contributed by atoms with Crippen molar-refractivity contribution in [3.05, 3.63) is 53.6 Å². The first kappa shape index (κ1) is 24.4. The Bertz CT molecular complexity index is 1120. The number of ether oxygens (including phenoxy) is 2. The average molecular weight is 476 g/mol. The third-order valence-electron chi connectivity index (χ3n) is 5.43. The predicted molar refractivity (Wildman–Crippen MR) is 125 cm³/mol. The van der Waals surface area contributed by atoms with Gasteiger partial charge in [0, 0.05) is 19.7 Å². The van der Waals surface area contributed by atoms with Gasteiger partial charge in [-0.15, -0.1) is 0 Å². The molecule has 0 aromatic heterocycles. The minimum atomic E-state index is -3.81. The monoisotopic (exact) mass is 475 g/mol. The molecule has 0 aliphatic carbocycles. The quantitative estimate of drug-likeness (QED) is 0.595. The van der Waals surface area contributed by atoms with Crippen LogP contribution in [-0.2, 0) is 26.2 Å². The SMILES string of the molecule is CC[C@H](C(=O)NC)N(Cc1ccc(C)cc1)C(=O)CN(c1ccc2c(c1)OCO2)S(C)(=O)=O. The van der Waals surface area contributed by atoms with Gasteiger partial charge in [-0.05, 0) is 31.0 Å². The summed E-state index contributed by atoms with van der Waals surface area (Å²) in [4.78, 5) is 27.5. The fourth-order valence-corrected chi connectivity index (χ4v) is 4.47. The second kappa shape index (κ2) is 10.1. The van der Waals surface area contributed by atoms with Gasteiger partial charge in [-0.3, -0.25) is 13.9 Å². The molecule has 0 fully saturated rings. The zero-order valence-corrected chi connectivity index (χ0v) is 20.0. The second-order valence-electron chi connectivity index (χ2n) is 7.85. The van der Waals surface area contributed by atoms with Crippen molar-refractivity contribution >= 4 is 27.5 Å². The highest BCUT2D eigenvalue weighted by atomic mass is 32.2. The van der Waals surface area contributed by atoms with Crippen molar-refractivity contribution in [3.63, 3.8) is 0 Å². The number of fused-ring (bicyclic) bond motifs is 1. The molecule has 1 heterocycles. The Labute approximate surface area is 194 Å². The van der Waals surface area contributed by atoms with E-state index in [0.29, 0.717) is 17.9 Å². The van der Waals surface area contributed by atoms with E-state index < -0.39 is 28.5 Å². The van der Waals surface area contributed by atoms with Crippen molar-refractivity contribution in [3.8, 4) is 11.5 Å². The lowest BCUT2D eigenvalue weighted by Gasteiger charge is -2.32. The van der Waals surface area contributed by atoms with E-state index in [2.05, 4.69) is 5.32 Å². The molecule has 0 saturated carbocycles. The summed E-state index contributed by atoms with van der Waals surface area (Å²) in [5, 5.41) is 2.59. The smallest absolute Gasteiger partial charge is 0.244 e. The fraction of sp³-hybridized carbons (Fsp3) is 0.391. The van der Waals surface area contributed by atoms with Gasteiger partial charge in [-0.2, -0.15) is 0 Å². The van der Waals surface area contributed by atoms with Crippen molar-refractivity contribution in [1.29, 1.82) is 0 Å². The number of carbonyl (C=O) groups excluding carboxylic acids is 2. The summed E-state index contributed by atoms with van der Waals surface area (Å²) in [6, 6.07) is 11.6. The summed E-state index contributed by atoms with van der Waals surface area (Å²) in [6.07, 6.45) is 1.41. The van der Waals surface area contributed by atoms with Crippen LogP contribution >= 0.6 is 0 Å². The lowest BCUT2D eigenvalue weighted by atomic mass is 10.1. The van der Waals surface area contributed by atoms with Crippen molar-refractivity contribution < 1.29 is 27.5 Å². The van der Waals surface area contributed by atoms with Crippen LogP contribution in [0.25, 0.3) is 0 Å². The molecule has 2 aromatic carbocycles. The third kappa shape index (κ3) is 5.75. The molecule has 1 aliphatic rings. The van der Waals surface area contributed by atoms with Gasteiger partial charge in [-0.1, -0.05) is 36.8 Å². The Hall–Kier alpha value is -3.27. The molecule has 10 heteroatoms. The van der Waals surface area contributed by atoms with Crippen molar-refractivity contribution in [2.45, 2.75) is 32.9 Å². The highest BCUT2D eigenvalue weighted by molar-refractivity contribution is 7.92. The zero-order chi connectivity index (χ0) is 24.2. The maximum Gasteiger partial charge on any atom is 0.244 e. The lowest BCUT2D eigenvalue weighted by molar-refractivity contribution is -0.140. The van der Waals surface area contributed by atoms with Crippen LogP contribution in [0, 0.1) is 6.92 Å². The van der Waals surface area contributed by atoms with Crippen LogP contribution in [0.15, 0.2) is 42.5 Å². The van der Waals surface area contributed by atoms with Gasteiger partial charge in [0.1, 0.15) is 12.6 Å². The molecule has 0 bridgehead atoms. The molecule has 1 N–H and O–H groups in total. The van der Waals surface area contributed by atoms with Crippen LogP contribution in [0.2, 0.25) is 0 Å². The van der Waals surface area contributed by atoms with Crippen LogP contribution < -0.4 is 19.1 Å². The largest absolute Gasteiger partial charge is 0.454 e. The number of hydrogen-bond acceptors (Lipinski definition) is 6. The van der Waals surface area contributed by atoms with Crippen molar-refractivity contribution in [1.82, 2.24) is 10.2 Å². The van der Waals surface area contributed by atoms with Gasteiger partial charge in [0.25, 0.3) is 0 Å². The summed E-state index contributed by atoms with van der Waals surface area (Å²) in [5.74, 6) is 0.105. The first-order valence-electron chi connectivity index (χ1n) is 10.6. The minimum absolute atomic E-state index is 0.0469. The lowest BCUT2D eigenvalue weighted by Crippen LogP contribution is -2.51. The Morgan fingerprint density at radius 2 is 1.76 bits per heavy atom. The molecule has 0 radical (unpaired) electrons. The van der Waals surface area contributed by atoms with Crippen LogP contribution in [0.3, 0.4) is 0 Å². The molecule has 1 atom stereocenters. The first-order chi connectivity index (χ1) is 15.6. The number of amides is 2. The molecule has 2 aromatic rings. The molecular weight excluding hydrogens is 446 g/mol. The van der Waals surface area contributed by atoms with Crippen LogP contribution in [0.5, 0.6) is 11.5 Å². The number of nitrogens with one attached hydrogen (secondary N) is 1. The van der Waals surface area contributed by atoms with E-state index in [0.717, 1.165) is 21.7 Å². The standard InChI is InChI=1S/C23H29N3O6S/c1-5-19(23(28)24-3)25(13-17-8-6-16(2)7-9-17)22(27)14-26(33(4,29)30)18-10-11-20-21(12-18)32-15-31-20/h6-12,19H,5,13-15H2,1-4H3,(H,24,28)/t19-/m1/s1. The van der Waals surface area contributed by atoms with E-state index in [1.807, 2.05) is 38.1 Å². The summed E-state index contributed by atoms with van der Waals surface area (Å²) < 4.78 is 36.9. The van der Waals surface area contributed by atoms with Gasteiger partial charge in [0.05, 0.1) is 11.9 Å². The Kier molecular flexibility index (Phi) is 7.47. The van der Waals surface area contributed by atoms with E-state index >= 15 is 0 Å². The first-order valence-corrected chi connectivity index (χ1v) is 12.4. The number of sulfonamides is 1. The molecule has 0 spiro atoms. The Morgan fingerprint density at radius 3 is 2.36 bits per heavy atom. The van der Waals surface area contributed by atoms with Gasteiger partial charge < -0.3 is 19.7 Å². The third-order valence-corrected chi connectivity index (χ3v) is 6.57. The number of likely N-dealkylation sites (N-methyl/N-ethyl adjacent to an activating group) is 1. The molecule has 0 unspecified atom stereocenters. The van der Waals surface area contributed by atoms with Crippen LogP contribution in [-0.4, -0.2) is 57.8 Å². The van der Waals surface area contributed by atoms with Crippen molar-refractivity contribution in [2.75, 3.05) is 30.9 Å². The number of rotatable bonds is 9. The molecule has 33 heavy (non-hydrogen) atoms. The minimum Gasteiger partial charge on any atom is -0.454 e. The highest BCUT2D eigenvalue weighted by Crippen LogP contribution is 2.36. The van der Waals surface area contributed by atoms with Crippen LogP contribution in [0.1, 0.15) is 24.5 Å². The maximum atomic E-state index is 13.5. The van der Waals surface area contributed by atoms with Gasteiger partial charge in [-0.25, -0.2) is 8.42 Å². The molecular formula is C23H29N3O6S. The number of nitrogens with zero attached hydrogens (tertiary/aromatic N) is 2. The molecule has 178 valence electrons. The Morgan fingerprint density at radius 1 is 1.09 bits per heavy atom. The average Bonchev–Trinajstić information content (AvgIpc) is 3.25. The molecule has 0 saturated heterocycles. The van der Waals surface area contributed by atoms with Gasteiger partial charge in [0.15, 0.2) is 11.5 Å². The molecule has 1 aliphatic heterocycles. The van der Waals surface area contributed by atoms with Crippen LogP contribution in [0.4, 0.5) is 5.69 Å². The number of benzene rings is 2. The van der Waals surface area contributed by atoms with Crippen molar-refractivity contribution in [2.24, 2.45) is 0 Å². The van der Waals surface area contributed by atoms with E-state index in [1.54, 1.807) is 12.1 Å². The number of aryl methyl sites for hydroxylation is 1. The van der Waals surface area contributed by atoms with E-state index in [1.165, 1.54) is 18.0 Å². The van der Waals surface area contributed by atoms with E-state index in [-0.39, 0.29) is 24.9 Å².